The number of likely N-dealkylation sites (N-methyl/N-ethyl adjacent to an activating group) is 1. The van der Waals surface area contributed by atoms with Crippen molar-refractivity contribution in [3.8, 4) is 11.1 Å². The molecular weight excluding hydrogens is 514 g/mol. The van der Waals surface area contributed by atoms with E-state index in [1.54, 1.807) is 18.9 Å². The number of benzene rings is 2. The van der Waals surface area contributed by atoms with Crippen LogP contribution in [0.5, 0.6) is 0 Å². The molecule has 6 rings (SSSR count). The van der Waals surface area contributed by atoms with Gasteiger partial charge in [-0.05, 0) is 56.7 Å². The van der Waals surface area contributed by atoms with E-state index in [2.05, 4.69) is 34.8 Å². The molecule has 0 aromatic heterocycles. The summed E-state index contributed by atoms with van der Waals surface area (Å²) >= 11 is 0. The number of oxime groups is 1. The van der Waals surface area contributed by atoms with Gasteiger partial charge in [-0.25, -0.2) is 0 Å². The second-order valence-electron chi connectivity index (χ2n) is 12.1. The number of ketones is 2. The van der Waals surface area contributed by atoms with Gasteiger partial charge in [0.05, 0.1) is 18.6 Å². The van der Waals surface area contributed by atoms with Crippen LogP contribution >= 0.6 is 0 Å². The molecule has 0 spiro atoms. The topological polar surface area (TPSA) is 88.1 Å². The van der Waals surface area contributed by atoms with E-state index in [4.69, 9.17) is 4.84 Å². The Morgan fingerprint density at radius 2 is 1.68 bits per heavy atom. The van der Waals surface area contributed by atoms with Crippen LogP contribution < -0.4 is 5.32 Å². The highest BCUT2D eigenvalue weighted by atomic mass is 16.6. The third-order valence-corrected chi connectivity index (χ3v) is 9.57. The average molecular weight is 554 g/mol. The minimum Gasteiger partial charge on any atom is -0.390 e. The Kier molecular flexibility index (Phi) is 7.64. The number of Topliss-reactive ketones (excluding diaryl/α,β-unsaturated/α-hetero) is 2. The second-order valence-corrected chi connectivity index (χ2v) is 12.1. The van der Waals surface area contributed by atoms with Gasteiger partial charge < -0.3 is 15.1 Å². The van der Waals surface area contributed by atoms with Gasteiger partial charge in [0.25, 0.3) is 0 Å². The quantitative estimate of drug-likeness (QED) is 0.360. The van der Waals surface area contributed by atoms with E-state index in [1.165, 1.54) is 0 Å². The van der Waals surface area contributed by atoms with Crippen molar-refractivity contribution in [3.05, 3.63) is 71.8 Å². The standard InChI is InChI=1S/C34H39N3O4/c1-22(38)34-19-23(34)12-6-4-3-5-7-17-29(35-2)33(40)37-21-24(18-30(37)31(39)20-34)41-36-32-27-15-10-8-13-25(27)26-14-9-11-16-28(26)32/h6,8-16,23-24,29-30,35H,3-5,7,17-21H2,1-2H3/b12-6-/t23-,24-,29+,30+,34+/m1/s1. The maximum atomic E-state index is 13.9. The molecule has 2 aliphatic heterocycles. The summed E-state index contributed by atoms with van der Waals surface area (Å²) in [6, 6.07) is 15.3. The van der Waals surface area contributed by atoms with Crippen LogP contribution in [0.2, 0.25) is 0 Å². The Hall–Kier alpha value is -3.58. The monoisotopic (exact) mass is 553 g/mol. The van der Waals surface area contributed by atoms with E-state index in [0.717, 1.165) is 60.1 Å². The molecule has 1 saturated carbocycles. The number of carbonyl (C=O) groups is 3. The molecule has 0 unspecified atom stereocenters. The number of hydrogen-bond donors (Lipinski definition) is 1. The van der Waals surface area contributed by atoms with Crippen LogP contribution in [0.15, 0.2) is 65.8 Å². The molecule has 2 aliphatic carbocycles. The second kappa shape index (κ2) is 11.4. The van der Waals surface area contributed by atoms with Gasteiger partial charge in [0.2, 0.25) is 5.91 Å². The molecule has 2 fully saturated rings. The summed E-state index contributed by atoms with van der Waals surface area (Å²) < 4.78 is 0. The zero-order chi connectivity index (χ0) is 28.6. The van der Waals surface area contributed by atoms with Crippen LogP contribution in [0.4, 0.5) is 0 Å². The first-order chi connectivity index (χ1) is 19.9. The predicted octanol–water partition coefficient (Wildman–Crippen LogP) is 5.07. The molecule has 1 amide bonds. The molecular formula is C34H39N3O4. The maximum Gasteiger partial charge on any atom is 0.240 e. The van der Waals surface area contributed by atoms with E-state index in [1.807, 2.05) is 36.4 Å². The largest absolute Gasteiger partial charge is 0.390 e. The van der Waals surface area contributed by atoms with Crippen LogP contribution in [0, 0.1) is 11.3 Å². The minimum atomic E-state index is -0.638. The van der Waals surface area contributed by atoms with Crippen LogP contribution in [0.25, 0.3) is 11.1 Å². The predicted molar refractivity (Wildman–Crippen MR) is 158 cm³/mol. The van der Waals surface area contributed by atoms with Gasteiger partial charge in [-0.1, -0.05) is 78.7 Å². The molecule has 1 saturated heterocycles. The molecule has 2 aromatic rings. The Bertz CT molecular complexity index is 1370. The van der Waals surface area contributed by atoms with Crippen LogP contribution in [0.1, 0.15) is 69.4 Å². The summed E-state index contributed by atoms with van der Waals surface area (Å²) in [7, 11) is 1.81. The number of rotatable bonds is 4. The van der Waals surface area contributed by atoms with E-state index in [9.17, 15) is 14.4 Å². The molecule has 7 nitrogen and oxygen atoms in total. The zero-order valence-electron chi connectivity index (χ0n) is 24.0. The number of fused-ring (bicyclic) bond motifs is 5. The first kappa shape index (κ1) is 27.6. The number of amides is 1. The fraction of sp³-hybridized carbons (Fsp3) is 0.471. The van der Waals surface area contributed by atoms with Crippen molar-refractivity contribution in [2.45, 2.75) is 76.5 Å². The van der Waals surface area contributed by atoms with E-state index >= 15 is 0 Å². The smallest absolute Gasteiger partial charge is 0.240 e. The fourth-order valence-corrected chi connectivity index (χ4v) is 7.03. The summed E-state index contributed by atoms with van der Waals surface area (Å²) in [6.07, 6.45) is 9.84. The Morgan fingerprint density at radius 3 is 2.34 bits per heavy atom. The highest BCUT2D eigenvalue weighted by Gasteiger charge is 2.58. The first-order valence-corrected chi connectivity index (χ1v) is 15.0. The third-order valence-electron chi connectivity index (χ3n) is 9.57. The molecule has 2 heterocycles. The number of allylic oxidation sites excluding steroid dienone is 2. The summed E-state index contributed by atoms with van der Waals surface area (Å²) in [4.78, 5) is 48.3. The van der Waals surface area contributed by atoms with Crippen LogP contribution in [0.3, 0.4) is 0 Å². The zero-order valence-corrected chi connectivity index (χ0v) is 24.0. The molecule has 4 aliphatic rings. The van der Waals surface area contributed by atoms with E-state index in [0.29, 0.717) is 19.4 Å². The lowest BCUT2D eigenvalue weighted by Crippen LogP contribution is -2.50. The van der Waals surface area contributed by atoms with Gasteiger partial charge >= 0.3 is 0 Å². The molecule has 214 valence electrons. The van der Waals surface area contributed by atoms with Crippen molar-refractivity contribution < 1.29 is 19.2 Å². The van der Waals surface area contributed by atoms with Crippen molar-refractivity contribution >= 4 is 23.2 Å². The van der Waals surface area contributed by atoms with E-state index in [-0.39, 0.29) is 35.9 Å². The number of nitrogens with one attached hydrogen (secondary N) is 1. The summed E-state index contributed by atoms with van der Waals surface area (Å²) in [6.45, 7) is 1.90. The highest BCUT2D eigenvalue weighted by Crippen LogP contribution is 2.57. The molecule has 2 aromatic carbocycles. The maximum absolute atomic E-state index is 13.9. The van der Waals surface area contributed by atoms with Crippen molar-refractivity contribution in [3.63, 3.8) is 0 Å². The SMILES string of the molecule is CN[C@H]1CCCCC/C=C\[C@@H]2C[C@@]2(C(C)=O)CC(=O)[C@@H]2C[C@@H](ON=C3c4ccccc4-c4ccccc43)CN2C1=O. The third kappa shape index (κ3) is 5.16. The lowest BCUT2D eigenvalue weighted by atomic mass is 9.89. The average Bonchev–Trinajstić information content (AvgIpc) is 3.35. The Labute approximate surface area is 242 Å². The Morgan fingerprint density at radius 1 is 1.00 bits per heavy atom. The van der Waals surface area contributed by atoms with E-state index < -0.39 is 17.6 Å². The van der Waals surface area contributed by atoms with Crippen LogP contribution in [-0.4, -0.2) is 59.9 Å². The van der Waals surface area contributed by atoms with Gasteiger partial charge in [0.15, 0.2) is 5.78 Å². The summed E-state index contributed by atoms with van der Waals surface area (Å²) in [5.74, 6) is 0.0417. The molecule has 0 radical (unpaired) electrons. The number of carbonyl (C=O) groups excluding carboxylic acids is 3. The van der Waals surface area contributed by atoms with Crippen molar-refractivity contribution in [1.29, 1.82) is 0 Å². The molecule has 7 heteroatoms. The number of hydrogen-bond acceptors (Lipinski definition) is 6. The first-order valence-electron chi connectivity index (χ1n) is 15.0. The molecule has 1 N–H and O–H groups in total. The number of nitrogens with zero attached hydrogens (tertiary/aromatic N) is 2. The Balaban J connectivity index is 1.27. The van der Waals surface area contributed by atoms with Crippen molar-refractivity contribution in [1.82, 2.24) is 10.2 Å². The van der Waals surface area contributed by atoms with Crippen molar-refractivity contribution in [2.75, 3.05) is 13.6 Å². The lowest BCUT2D eigenvalue weighted by molar-refractivity contribution is -0.140. The molecule has 5 atom stereocenters. The molecule has 41 heavy (non-hydrogen) atoms. The molecule has 0 bridgehead atoms. The van der Waals surface area contributed by atoms with Gasteiger partial charge in [-0.3, -0.25) is 14.4 Å². The van der Waals surface area contributed by atoms with Gasteiger partial charge in [-0.2, -0.15) is 0 Å². The normalized spacial score (nSPS) is 30.3. The van der Waals surface area contributed by atoms with Crippen LogP contribution in [-0.2, 0) is 19.2 Å². The minimum absolute atomic E-state index is 0.0514. The van der Waals surface area contributed by atoms with Gasteiger partial charge in [-0.15, -0.1) is 0 Å². The van der Waals surface area contributed by atoms with Gasteiger partial charge in [0.1, 0.15) is 17.6 Å². The van der Waals surface area contributed by atoms with Crippen molar-refractivity contribution in [2.24, 2.45) is 16.5 Å². The summed E-state index contributed by atoms with van der Waals surface area (Å²) in [5, 5.41) is 7.83. The lowest BCUT2D eigenvalue weighted by Gasteiger charge is -2.28. The fourth-order valence-electron chi connectivity index (χ4n) is 7.03. The highest BCUT2D eigenvalue weighted by molar-refractivity contribution is 6.24. The van der Waals surface area contributed by atoms with Gasteiger partial charge in [0, 0.05) is 29.4 Å². The summed E-state index contributed by atoms with van der Waals surface area (Å²) in [5.41, 5.74) is 4.40.